The molecule has 6 atom stereocenters. The molecule has 4 amide bonds. The van der Waals surface area contributed by atoms with E-state index in [1.54, 1.807) is 34.2 Å². The molecule has 5 aliphatic rings. The van der Waals surface area contributed by atoms with Crippen molar-refractivity contribution in [2.75, 3.05) is 32.8 Å². The molecule has 0 unspecified atom stereocenters. The van der Waals surface area contributed by atoms with Crippen LogP contribution in [0.3, 0.4) is 0 Å². The molecule has 4 fully saturated rings. The number of methoxy groups -OCH3 is 2. The van der Waals surface area contributed by atoms with E-state index >= 15 is 8.78 Å². The molecule has 358 valence electrons. The van der Waals surface area contributed by atoms with Crippen molar-refractivity contribution >= 4 is 44.9 Å². The minimum atomic E-state index is -3.43. The number of alkyl carbamates (subject to hydrolysis) is 2. The number of nitrogens with zero attached hydrogens (tertiary/aromatic N) is 4. The first-order valence-electron chi connectivity index (χ1n) is 23.1. The topological polar surface area (TPSA) is 209 Å². The number of benzene rings is 3. The Labute approximate surface area is 391 Å². The lowest BCUT2D eigenvalue weighted by Crippen LogP contribution is -2.52. The molecular weight excluding hydrogens is 899 g/mol. The second-order valence-electron chi connectivity index (χ2n) is 19.7. The van der Waals surface area contributed by atoms with Gasteiger partial charge in [0.1, 0.15) is 33.6 Å². The summed E-state index contributed by atoms with van der Waals surface area (Å²) < 4.78 is 67.1. The van der Waals surface area contributed by atoms with E-state index < -0.39 is 52.0 Å². The first-order valence-corrected chi connectivity index (χ1v) is 25.1. The van der Waals surface area contributed by atoms with Gasteiger partial charge in [-0.3, -0.25) is 9.59 Å². The van der Waals surface area contributed by atoms with Crippen molar-refractivity contribution in [2.24, 2.45) is 17.3 Å². The smallest absolute Gasteiger partial charge is 0.407 e. The zero-order valence-corrected chi connectivity index (χ0v) is 39.2. The van der Waals surface area contributed by atoms with Crippen LogP contribution in [0.4, 0.5) is 18.4 Å². The maximum Gasteiger partial charge on any atom is 0.407 e. The maximum absolute atomic E-state index is 16.7. The lowest BCUT2D eigenvalue weighted by Gasteiger charge is -2.36. The van der Waals surface area contributed by atoms with Crippen LogP contribution in [0.2, 0.25) is 0 Å². The molecule has 5 aromatic rings. The van der Waals surface area contributed by atoms with Gasteiger partial charge in [0.2, 0.25) is 11.8 Å². The number of likely N-dealkylation sites (tertiary alicyclic amines) is 2. The Balaban J connectivity index is 0.890. The number of ether oxygens (including phenoxy) is 2. The van der Waals surface area contributed by atoms with E-state index in [4.69, 9.17) is 14.5 Å². The van der Waals surface area contributed by atoms with Crippen molar-refractivity contribution in [2.45, 2.75) is 94.9 Å². The number of amides is 4. The molecule has 0 radical (unpaired) electrons. The number of carbonyl (C=O) groups is 4. The second-order valence-corrected chi connectivity index (χ2v) is 22.0. The number of aromatic nitrogens is 4. The van der Waals surface area contributed by atoms with Gasteiger partial charge < -0.3 is 39.9 Å². The number of fused-ring (bicyclic) bond motifs is 6. The summed E-state index contributed by atoms with van der Waals surface area (Å²) in [5, 5.41) is 5.23. The molecule has 19 heteroatoms. The standard InChI is InChI=1S/C49H54F2N8O8S/c1-25(2)40(57-47(63)67-4)45(61)58-24-48(15-16-48)22-39(58)42-52-23-38(55-42)28-8-12-32-31-11-7-26(19-33(31)49(50,51)34(32)20-28)27-9-13-35-37(21-27)54-43(53-35)41-29-6-10-30(18-29)59(41)44(60)36(56-46(62)66-3)14-17-68(5,64)65/h7-9,11-13,19-21,23,25,29-30,36,39-41H,6,10,14-18,22,24H2,1-5H3,(H,52,55)(H,53,54)(H,56,62)(H,57,63)/t29-,30+,36-,39-,40+,41-/m0/s1. The van der Waals surface area contributed by atoms with Gasteiger partial charge in [0.15, 0.2) is 0 Å². The molecule has 10 rings (SSSR count). The SMILES string of the molecule is COC(=O)N[C@@H](CCS(C)(=O)=O)C(=O)N1[C@@H]2CC[C@@H](C2)[C@H]1c1nc2ccc(-c3ccc4c(c3)C(F)(F)c3cc(-c5cnc([C@@H]6CC7(CC7)CN6C(=O)[C@H](NC(=O)OC)C(C)C)[nH]5)ccc3-4)cc2[nH]1. The lowest BCUT2D eigenvalue weighted by atomic mass is 9.97. The Hall–Kier alpha value is -6.37. The summed E-state index contributed by atoms with van der Waals surface area (Å²) >= 11 is 0. The van der Waals surface area contributed by atoms with Crippen LogP contribution in [0.25, 0.3) is 44.5 Å². The monoisotopic (exact) mass is 952 g/mol. The quantitative estimate of drug-likeness (QED) is 0.0975. The van der Waals surface area contributed by atoms with Crippen molar-refractivity contribution in [3.05, 3.63) is 83.6 Å². The van der Waals surface area contributed by atoms with Gasteiger partial charge in [0, 0.05) is 35.5 Å². The fraction of sp³-hybridized carbons (Fsp3) is 0.469. The number of nitrogens with one attached hydrogen (secondary N) is 4. The average molecular weight is 953 g/mol. The number of piperidine rings is 1. The Morgan fingerprint density at radius 2 is 1.53 bits per heavy atom. The zero-order chi connectivity index (χ0) is 48.0. The highest BCUT2D eigenvalue weighted by molar-refractivity contribution is 7.90. The van der Waals surface area contributed by atoms with Crippen LogP contribution < -0.4 is 10.6 Å². The lowest BCUT2D eigenvalue weighted by molar-refractivity contribution is -0.138. The van der Waals surface area contributed by atoms with E-state index in [0.717, 1.165) is 38.4 Å². The fourth-order valence-electron chi connectivity index (χ4n) is 11.1. The molecule has 2 bridgehead atoms. The fourth-order valence-corrected chi connectivity index (χ4v) is 11.8. The number of imidazole rings is 2. The minimum Gasteiger partial charge on any atom is -0.453 e. The largest absolute Gasteiger partial charge is 0.453 e. The van der Waals surface area contributed by atoms with E-state index in [1.807, 2.05) is 38.1 Å². The number of alkyl halides is 2. The molecule has 16 nitrogen and oxygen atoms in total. The molecule has 1 spiro atoms. The van der Waals surface area contributed by atoms with Gasteiger partial charge in [0.25, 0.3) is 5.92 Å². The minimum absolute atomic E-state index is 0.00556. The number of halogens is 2. The second kappa shape index (κ2) is 16.7. The number of sulfone groups is 1. The van der Waals surface area contributed by atoms with Crippen molar-refractivity contribution in [1.29, 1.82) is 0 Å². The Bertz CT molecular complexity index is 2990. The number of carbonyl (C=O) groups excluding carboxylic acids is 4. The summed E-state index contributed by atoms with van der Waals surface area (Å²) in [4.78, 5) is 72.4. The molecule has 3 aliphatic carbocycles. The van der Waals surface area contributed by atoms with Gasteiger partial charge in [-0.2, -0.15) is 8.78 Å². The Morgan fingerprint density at radius 1 is 0.868 bits per heavy atom. The number of rotatable bonds is 12. The van der Waals surface area contributed by atoms with Gasteiger partial charge in [-0.25, -0.2) is 28.0 Å². The first kappa shape index (κ1) is 45.4. The van der Waals surface area contributed by atoms with Gasteiger partial charge >= 0.3 is 12.2 Å². The summed E-state index contributed by atoms with van der Waals surface area (Å²) in [6.45, 7) is 4.27. The molecule has 68 heavy (non-hydrogen) atoms. The summed E-state index contributed by atoms with van der Waals surface area (Å²) in [5.74, 6) is -3.23. The summed E-state index contributed by atoms with van der Waals surface area (Å²) in [5.41, 5.74) is 4.24. The molecular formula is C49H54F2N8O8S. The molecule has 2 saturated carbocycles. The molecule has 2 aromatic heterocycles. The predicted octanol–water partition coefficient (Wildman–Crippen LogP) is 7.39. The number of H-pyrrole nitrogens is 2. The van der Waals surface area contributed by atoms with Crippen LogP contribution in [0, 0.1) is 17.3 Å². The maximum atomic E-state index is 16.7. The summed E-state index contributed by atoms with van der Waals surface area (Å²) in [7, 11) is -1.00. The van der Waals surface area contributed by atoms with E-state index in [-0.39, 0.29) is 58.5 Å². The number of aromatic amines is 2. The molecule has 2 saturated heterocycles. The molecule has 4 N–H and O–H groups in total. The number of hydrogen-bond donors (Lipinski definition) is 4. The van der Waals surface area contributed by atoms with Crippen LogP contribution >= 0.6 is 0 Å². The van der Waals surface area contributed by atoms with Crippen molar-refractivity contribution in [3.8, 4) is 33.5 Å². The summed E-state index contributed by atoms with van der Waals surface area (Å²) in [6, 6.07) is 12.8. The van der Waals surface area contributed by atoms with Crippen LogP contribution in [0.1, 0.15) is 93.7 Å². The zero-order valence-electron chi connectivity index (χ0n) is 38.4. The van der Waals surface area contributed by atoms with E-state index in [9.17, 15) is 27.6 Å². The molecule has 2 aliphatic heterocycles. The molecule has 4 heterocycles. The van der Waals surface area contributed by atoms with Crippen molar-refractivity contribution in [1.82, 2.24) is 40.4 Å². The number of hydrogen-bond acceptors (Lipinski definition) is 10. The predicted molar refractivity (Wildman–Crippen MR) is 247 cm³/mol. The highest BCUT2D eigenvalue weighted by atomic mass is 32.2. The van der Waals surface area contributed by atoms with Crippen molar-refractivity contribution < 1.29 is 45.9 Å². The highest BCUT2D eigenvalue weighted by Crippen LogP contribution is 2.59. The highest BCUT2D eigenvalue weighted by Gasteiger charge is 2.56. The normalized spacial score (nSPS) is 22.6. The van der Waals surface area contributed by atoms with Gasteiger partial charge in [-0.15, -0.1) is 0 Å². The van der Waals surface area contributed by atoms with Gasteiger partial charge in [-0.1, -0.05) is 44.2 Å². The third kappa shape index (κ3) is 8.04. The van der Waals surface area contributed by atoms with Crippen LogP contribution in [0.5, 0.6) is 0 Å². The van der Waals surface area contributed by atoms with E-state index in [2.05, 4.69) is 25.6 Å². The average Bonchev–Trinajstić information content (AvgIpc) is 3.97. The first-order chi connectivity index (χ1) is 32.4. The van der Waals surface area contributed by atoms with E-state index in [0.29, 0.717) is 69.2 Å². The van der Waals surface area contributed by atoms with Gasteiger partial charge in [-0.05, 0) is 109 Å². The van der Waals surface area contributed by atoms with Crippen LogP contribution in [0.15, 0.2) is 60.8 Å². The molecule has 3 aromatic carbocycles. The van der Waals surface area contributed by atoms with Crippen LogP contribution in [-0.2, 0) is 34.8 Å². The van der Waals surface area contributed by atoms with E-state index in [1.165, 1.54) is 26.4 Å². The van der Waals surface area contributed by atoms with Crippen LogP contribution in [-0.4, -0.2) is 113 Å². The summed E-state index contributed by atoms with van der Waals surface area (Å²) in [6.07, 6.45) is 6.13. The Kier molecular flexibility index (Phi) is 11.2. The Morgan fingerprint density at radius 3 is 2.21 bits per heavy atom. The third-order valence-electron chi connectivity index (χ3n) is 14.9. The van der Waals surface area contributed by atoms with Gasteiger partial charge in [0.05, 0.1) is 55.0 Å². The van der Waals surface area contributed by atoms with Crippen molar-refractivity contribution in [3.63, 3.8) is 0 Å². The third-order valence-corrected chi connectivity index (χ3v) is 15.9.